The third-order valence-electron chi connectivity index (χ3n) is 3.16. The summed E-state index contributed by atoms with van der Waals surface area (Å²) in [6.45, 7) is 7.09. The summed E-state index contributed by atoms with van der Waals surface area (Å²) >= 11 is 0. The quantitative estimate of drug-likeness (QED) is 0.876. The van der Waals surface area contributed by atoms with Crippen LogP contribution in [0.25, 0.3) is 0 Å². The lowest BCUT2D eigenvalue weighted by atomic mass is 9.92. The van der Waals surface area contributed by atoms with Crippen LogP contribution in [0.3, 0.4) is 0 Å². The average Bonchev–Trinajstić information content (AvgIpc) is 2.65. The molecule has 0 aliphatic carbocycles. The SMILES string of the molecule is CC(C)(C)CCNC(=O)c1ccc2c(c1)NC(=O)C2. The van der Waals surface area contributed by atoms with E-state index in [2.05, 4.69) is 31.4 Å². The first kappa shape index (κ1) is 13.6. The molecule has 0 radical (unpaired) electrons. The van der Waals surface area contributed by atoms with Gasteiger partial charge in [-0.15, -0.1) is 0 Å². The largest absolute Gasteiger partial charge is 0.352 e. The maximum absolute atomic E-state index is 12.0. The highest BCUT2D eigenvalue weighted by atomic mass is 16.2. The van der Waals surface area contributed by atoms with Gasteiger partial charge in [0.15, 0.2) is 0 Å². The molecule has 4 nitrogen and oxygen atoms in total. The van der Waals surface area contributed by atoms with Crippen molar-refractivity contribution in [1.82, 2.24) is 5.32 Å². The molecule has 1 aromatic rings. The lowest BCUT2D eigenvalue weighted by Gasteiger charge is -2.18. The topological polar surface area (TPSA) is 58.2 Å². The Hall–Kier alpha value is -1.84. The number of carbonyl (C=O) groups excluding carboxylic acids is 2. The third kappa shape index (κ3) is 3.56. The number of carbonyl (C=O) groups is 2. The second-order valence-corrected chi connectivity index (χ2v) is 6.16. The van der Waals surface area contributed by atoms with Crippen LogP contribution in [0.5, 0.6) is 0 Å². The molecule has 19 heavy (non-hydrogen) atoms. The van der Waals surface area contributed by atoms with Crippen molar-refractivity contribution >= 4 is 17.5 Å². The molecule has 2 N–H and O–H groups in total. The van der Waals surface area contributed by atoms with E-state index in [0.717, 1.165) is 17.7 Å². The Morgan fingerprint density at radius 1 is 1.37 bits per heavy atom. The van der Waals surface area contributed by atoms with Crippen LogP contribution in [-0.2, 0) is 11.2 Å². The Labute approximate surface area is 113 Å². The fourth-order valence-electron chi connectivity index (χ4n) is 2.01. The molecular formula is C15H20N2O2. The number of hydrogen-bond donors (Lipinski definition) is 2. The second kappa shape index (κ2) is 5.03. The van der Waals surface area contributed by atoms with E-state index in [1.54, 1.807) is 12.1 Å². The molecular weight excluding hydrogens is 240 g/mol. The molecule has 0 spiro atoms. The van der Waals surface area contributed by atoms with Gasteiger partial charge < -0.3 is 10.6 Å². The number of hydrogen-bond acceptors (Lipinski definition) is 2. The zero-order valence-corrected chi connectivity index (χ0v) is 11.7. The van der Waals surface area contributed by atoms with E-state index in [1.165, 1.54) is 0 Å². The molecule has 0 fully saturated rings. The predicted octanol–water partition coefficient (Wildman–Crippen LogP) is 2.35. The molecule has 1 aromatic carbocycles. The highest BCUT2D eigenvalue weighted by Crippen LogP contribution is 2.24. The first-order valence-corrected chi connectivity index (χ1v) is 6.56. The zero-order valence-electron chi connectivity index (χ0n) is 11.7. The number of amides is 2. The molecule has 0 saturated carbocycles. The minimum atomic E-state index is -0.0896. The molecule has 1 aliphatic heterocycles. The highest BCUT2D eigenvalue weighted by Gasteiger charge is 2.19. The van der Waals surface area contributed by atoms with Crippen molar-refractivity contribution in [2.24, 2.45) is 5.41 Å². The van der Waals surface area contributed by atoms with Gasteiger partial charge in [0.2, 0.25) is 5.91 Å². The smallest absolute Gasteiger partial charge is 0.251 e. The van der Waals surface area contributed by atoms with Crippen LogP contribution in [0, 0.1) is 5.41 Å². The first-order chi connectivity index (χ1) is 8.85. The molecule has 0 bridgehead atoms. The summed E-state index contributed by atoms with van der Waals surface area (Å²) in [7, 11) is 0. The van der Waals surface area contributed by atoms with Crippen LogP contribution in [0.2, 0.25) is 0 Å². The minimum absolute atomic E-state index is 0.0136. The van der Waals surface area contributed by atoms with Crippen LogP contribution in [0.4, 0.5) is 5.69 Å². The summed E-state index contributed by atoms with van der Waals surface area (Å²) in [4.78, 5) is 23.2. The van der Waals surface area contributed by atoms with Gasteiger partial charge in [-0.2, -0.15) is 0 Å². The Morgan fingerprint density at radius 3 is 2.79 bits per heavy atom. The molecule has 0 saturated heterocycles. The van der Waals surface area contributed by atoms with Gasteiger partial charge in [-0.05, 0) is 29.5 Å². The summed E-state index contributed by atoms with van der Waals surface area (Å²) < 4.78 is 0. The van der Waals surface area contributed by atoms with Gasteiger partial charge in [0.05, 0.1) is 6.42 Å². The normalized spacial score (nSPS) is 13.9. The minimum Gasteiger partial charge on any atom is -0.352 e. The molecule has 0 unspecified atom stereocenters. The molecule has 102 valence electrons. The monoisotopic (exact) mass is 260 g/mol. The van der Waals surface area contributed by atoms with Crippen LogP contribution in [0.1, 0.15) is 43.1 Å². The predicted molar refractivity (Wildman–Crippen MR) is 75.2 cm³/mol. The zero-order chi connectivity index (χ0) is 14.0. The summed E-state index contributed by atoms with van der Waals surface area (Å²) in [5, 5.41) is 5.66. The molecule has 2 amide bonds. The van der Waals surface area contributed by atoms with Gasteiger partial charge >= 0.3 is 0 Å². The van der Waals surface area contributed by atoms with Gasteiger partial charge in [0.25, 0.3) is 5.91 Å². The number of anilines is 1. The van der Waals surface area contributed by atoms with Crippen molar-refractivity contribution in [3.63, 3.8) is 0 Å². The van der Waals surface area contributed by atoms with E-state index < -0.39 is 0 Å². The van der Waals surface area contributed by atoms with E-state index in [9.17, 15) is 9.59 Å². The Morgan fingerprint density at radius 2 is 2.11 bits per heavy atom. The molecule has 2 rings (SSSR count). The summed E-state index contributed by atoms with van der Waals surface area (Å²) in [5.74, 6) is -0.103. The summed E-state index contributed by atoms with van der Waals surface area (Å²) in [5.41, 5.74) is 2.51. The van der Waals surface area contributed by atoms with E-state index in [4.69, 9.17) is 0 Å². The standard InChI is InChI=1S/C15H20N2O2/c1-15(2,3)6-7-16-14(19)11-5-4-10-9-13(18)17-12(10)8-11/h4-5,8H,6-7,9H2,1-3H3,(H,16,19)(H,17,18). The van der Waals surface area contributed by atoms with Crippen LogP contribution >= 0.6 is 0 Å². The van der Waals surface area contributed by atoms with E-state index in [0.29, 0.717) is 18.5 Å². The number of benzene rings is 1. The van der Waals surface area contributed by atoms with Crippen molar-refractivity contribution in [2.45, 2.75) is 33.6 Å². The molecule has 1 heterocycles. The van der Waals surface area contributed by atoms with Crippen molar-refractivity contribution in [1.29, 1.82) is 0 Å². The molecule has 1 aliphatic rings. The van der Waals surface area contributed by atoms with Crippen LogP contribution < -0.4 is 10.6 Å². The number of rotatable bonds is 3. The van der Waals surface area contributed by atoms with Gasteiger partial charge in [0, 0.05) is 17.8 Å². The Balaban J connectivity index is 1.97. The van der Waals surface area contributed by atoms with Crippen molar-refractivity contribution in [3.8, 4) is 0 Å². The van der Waals surface area contributed by atoms with Gasteiger partial charge in [-0.25, -0.2) is 0 Å². The van der Waals surface area contributed by atoms with Crippen molar-refractivity contribution < 1.29 is 9.59 Å². The molecule has 0 aromatic heterocycles. The highest BCUT2D eigenvalue weighted by molar-refractivity contribution is 6.02. The lowest BCUT2D eigenvalue weighted by molar-refractivity contribution is -0.115. The Bertz CT molecular complexity index is 515. The third-order valence-corrected chi connectivity index (χ3v) is 3.16. The van der Waals surface area contributed by atoms with Gasteiger partial charge in [-0.1, -0.05) is 26.8 Å². The summed E-state index contributed by atoms with van der Waals surface area (Å²) in [6, 6.07) is 5.35. The van der Waals surface area contributed by atoms with Crippen LogP contribution in [0.15, 0.2) is 18.2 Å². The van der Waals surface area contributed by atoms with E-state index in [1.807, 2.05) is 6.07 Å². The van der Waals surface area contributed by atoms with E-state index in [-0.39, 0.29) is 17.2 Å². The van der Waals surface area contributed by atoms with Gasteiger partial charge in [0.1, 0.15) is 0 Å². The van der Waals surface area contributed by atoms with Gasteiger partial charge in [-0.3, -0.25) is 9.59 Å². The fourth-order valence-corrected chi connectivity index (χ4v) is 2.01. The first-order valence-electron chi connectivity index (χ1n) is 6.56. The molecule has 0 atom stereocenters. The number of nitrogens with one attached hydrogen (secondary N) is 2. The maximum atomic E-state index is 12.0. The lowest BCUT2D eigenvalue weighted by Crippen LogP contribution is -2.27. The second-order valence-electron chi connectivity index (χ2n) is 6.16. The average molecular weight is 260 g/mol. The van der Waals surface area contributed by atoms with Crippen molar-refractivity contribution in [3.05, 3.63) is 29.3 Å². The maximum Gasteiger partial charge on any atom is 0.251 e. The molecule has 4 heteroatoms. The van der Waals surface area contributed by atoms with E-state index >= 15 is 0 Å². The van der Waals surface area contributed by atoms with Crippen molar-refractivity contribution in [2.75, 3.05) is 11.9 Å². The summed E-state index contributed by atoms with van der Waals surface area (Å²) in [6.07, 6.45) is 1.33. The van der Waals surface area contributed by atoms with Crippen LogP contribution in [-0.4, -0.2) is 18.4 Å². The number of fused-ring (bicyclic) bond motifs is 1. The Kier molecular flexibility index (Phi) is 3.60. The fraction of sp³-hybridized carbons (Fsp3) is 0.467.